The molecular weight excluding hydrogens is 288 g/mol. The fourth-order valence-corrected chi connectivity index (χ4v) is 3.20. The third-order valence-electron chi connectivity index (χ3n) is 3.50. The minimum absolute atomic E-state index is 0.0121. The number of hydrogen-bond acceptors (Lipinski definition) is 6. The first-order valence-corrected chi connectivity index (χ1v) is 7.60. The number of hydrogen-bond donors (Lipinski definition) is 0. The highest BCUT2D eigenvalue weighted by Crippen LogP contribution is 2.28. The Bertz CT molecular complexity index is 688. The molecule has 2 heterocycles. The standard InChI is InChI=1S/C14H14N4O2S/c1-9-11-4-2-3-5-12(11)17-14(16-9)21-13-7-6-10(8-15-13)18(19)20/h6-8H,2-5H2,1H3. The van der Waals surface area contributed by atoms with Crippen molar-refractivity contribution in [1.29, 1.82) is 0 Å². The highest BCUT2D eigenvalue weighted by Gasteiger charge is 2.16. The van der Waals surface area contributed by atoms with E-state index in [0.717, 1.165) is 24.2 Å². The summed E-state index contributed by atoms with van der Waals surface area (Å²) < 4.78 is 0. The van der Waals surface area contributed by atoms with Crippen molar-refractivity contribution in [2.24, 2.45) is 0 Å². The summed E-state index contributed by atoms with van der Waals surface area (Å²) >= 11 is 1.34. The summed E-state index contributed by atoms with van der Waals surface area (Å²) in [5.74, 6) is 0. The van der Waals surface area contributed by atoms with Gasteiger partial charge in [0, 0.05) is 17.5 Å². The van der Waals surface area contributed by atoms with Crippen LogP contribution in [-0.4, -0.2) is 19.9 Å². The molecule has 0 aliphatic heterocycles. The Labute approximate surface area is 126 Å². The number of pyridine rings is 1. The molecule has 0 N–H and O–H groups in total. The van der Waals surface area contributed by atoms with Crippen molar-refractivity contribution < 1.29 is 4.92 Å². The van der Waals surface area contributed by atoms with Crippen LogP contribution in [0.4, 0.5) is 5.69 Å². The molecule has 0 atom stereocenters. The molecule has 0 saturated carbocycles. The van der Waals surface area contributed by atoms with E-state index >= 15 is 0 Å². The maximum atomic E-state index is 10.6. The van der Waals surface area contributed by atoms with Crippen molar-refractivity contribution >= 4 is 17.4 Å². The minimum Gasteiger partial charge on any atom is -0.258 e. The zero-order valence-electron chi connectivity index (χ0n) is 11.6. The molecule has 0 amide bonds. The van der Waals surface area contributed by atoms with Gasteiger partial charge >= 0.3 is 0 Å². The van der Waals surface area contributed by atoms with Gasteiger partial charge in [-0.15, -0.1) is 0 Å². The van der Waals surface area contributed by atoms with Crippen LogP contribution in [0.1, 0.15) is 29.8 Å². The van der Waals surface area contributed by atoms with Crippen molar-refractivity contribution in [3.8, 4) is 0 Å². The molecule has 2 aromatic heterocycles. The van der Waals surface area contributed by atoms with Crippen molar-refractivity contribution in [2.75, 3.05) is 0 Å². The zero-order chi connectivity index (χ0) is 14.8. The lowest BCUT2D eigenvalue weighted by Crippen LogP contribution is -2.10. The number of fused-ring (bicyclic) bond motifs is 1. The molecule has 6 nitrogen and oxygen atoms in total. The average Bonchev–Trinajstić information content (AvgIpc) is 2.48. The Morgan fingerprint density at radius 2 is 2.05 bits per heavy atom. The van der Waals surface area contributed by atoms with Crippen molar-refractivity contribution in [3.63, 3.8) is 0 Å². The number of rotatable bonds is 3. The Hall–Kier alpha value is -2.02. The number of nitrogens with zero attached hydrogens (tertiary/aromatic N) is 4. The quantitative estimate of drug-likeness (QED) is 0.492. The molecule has 0 aromatic carbocycles. The van der Waals surface area contributed by atoms with Crippen LogP contribution in [0, 0.1) is 17.0 Å². The first-order valence-electron chi connectivity index (χ1n) is 6.78. The van der Waals surface area contributed by atoms with Crippen molar-refractivity contribution in [1.82, 2.24) is 15.0 Å². The molecule has 1 aliphatic rings. The highest BCUT2D eigenvalue weighted by molar-refractivity contribution is 7.99. The summed E-state index contributed by atoms with van der Waals surface area (Å²) in [5, 5.41) is 11.9. The Morgan fingerprint density at radius 3 is 2.76 bits per heavy atom. The molecule has 0 unspecified atom stereocenters. The molecule has 108 valence electrons. The Morgan fingerprint density at radius 1 is 1.24 bits per heavy atom. The largest absolute Gasteiger partial charge is 0.287 e. The summed E-state index contributed by atoms with van der Waals surface area (Å²) in [4.78, 5) is 23.4. The van der Waals surface area contributed by atoms with Crippen LogP contribution >= 0.6 is 11.8 Å². The molecule has 3 rings (SSSR count). The lowest BCUT2D eigenvalue weighted by Gasteiger charge is -2.17. The van der Waals surface area contributed by atoms with Gasteiger partial charge in [-0.05, 0) is 56.0 Å². The summed E-state index contributed by atoms with van der Waals surface area (Å²) in [7, 11) is 0. The number of nitro groups is 1. The van der Waals surface area contributed by atoms with E-state index < -0.39 is 4.92 Å². The molecule has 0 fully saturated rings. The zero-order valence-corrected chi connectivity index (χ0v) is 12.4. The van der Waals surface area contributed by atoms with Gasteiger partial charge in [-0.25, -0.2) is 15.0 Å². The third kappa shape index (κ3) is 3.02. The molecule has 0 spiro atoms. The van der Waals surface area contributed by atoms with E-state index in [1.54, 1.807) is 6.07 Å². The molecule has 0 bridgehead atoms. The third-order valence-corrected chi connectivity index (χ3v) is 4.31. The van der Waals surface area contributed by atoms with Crippen LogP contribution in [0.2, 0.25) is 0 Å². The fourth-order valence-electron chi connectivity index (χ4n) is 2.43. The van der Waals surface area contributed by atoms with Crippen LogP contribution in [0.15, 0.2) is 28.5 Å². The number of aryl methyl sites for hydroxylation is 2. The van der Waals surface area contributed by atoms with E-state index in [9.17, 15) is 10.1 Å². The van der Waals surface area contributed by atoms with Gasteiger partial charge in [-0.2, -0.15) is 0 Å². The van der Waals surface area contributed by atoms with Gasteiger partial charge in [0.25, 0.3) is 5.69 Å². The summed E-state index contributed by atoms with van der Waals surface area (Å²) in [6.07, 6.45) is 5.69. The first-order chi connectivity index (χ1) is 10.1. The molecule has 21 heavy (non-hydrogen) atoms. The summed E-state index contributed by atoms with van der Waals surface area (Å²) in [5.41, 5.74) is 3.44. The van der Waals surface area contributed by atoms with Gasteiger partial charge in [0.05, 0.1) is 4.92 Å². The predicted octanol–water partition coefficient (Wildman–Crippen LogP) is 3.12. The van der Waals surface area contributed by atoms with Crippen molar-refractivity contribution in [3.05, 3.63) is 45.4 Å². The topological polar surface area (TPSA) is 81.8 Å². The average molecular weight is 302 g/mol. The number of aromatic nitrogens is 3. The second kappa shape index (κ2) is 5.77. The van der Waals surface area contributed by atoms with Crippen LogP contribution in [0.5, 0.6) is 0 Å². The SMILES string of the molecule is Cc1nc(Sc2ccc([N+](=O)[O-])cn2)nc2c1CCCC2. The minimum atomic E-state index is -0.457. The maximum Gasteiger partial charge on any atom is 0.287 e. The van der Waals surface area contributed by atoms with Crippen LogP contribution < -0.4 is 0 Å². The predicted molar refractivity (Wildman–Crippen MR) is 78.4 cm³/mol. The van der Waals surface area contributed by atoms with E-state index in [4.69, 9.17) is 0 Å². The van der Waals surface area contributed by atoms with E-state index in [0.29, 0.717) is 10.2 Å². The van der Waals surface area contributed by atoms with E-state index in [1.807, 2.05) is 6.92 Å². The van der Waals surface area contributed by atoms with Gasteiger partial charge in [-0.1, -0.05) is 0 Å². The molecule has 7 heteroatoms. The van der Waals surface area contributed by atoms with Gasteiger partial charge in [-0.3, -0.25) is 10.1 Å². The fraction of sp³-hybridized carbons (Fsp3) is 0.357. The second-order valence-corrected chi connectivity index (χ2v) is 5.93. The molecule has 2 aromatic rings. The summed E-state index contributed by atoms with van der Waals surface area (Å²) in [6.45, 7) is 2.01. The van der Waals surface area contributed by atoms with Crippen molar-refractivity contribution in [2.45, 2.75) is 42.8 Å². The lowest BCUT2D eigenvalue weighted by atomic mass is 9.95. The first kappa shape index (κ1) is 13.9. The monoisotopic (exact) mass is 302 g/mol. The van der Waals surface area contributed by atoms with E-state index in [1.165, 1.54) is 42.4 Å². The van der Waals surface area contributed by atoms with Gasteiger partial charge in [0.15, 0.2) is 5.16 Å². The molecule has 0 radical (unpaired) electrons. The second-order valence-electron chi connectivity index (χ2n) is 4.94. The van der Waals surface area contributed by atoms with E-state index in [-0.39, 0.29) is 5.69 Å². The Balaban J connectivity index is 1.84. The molecule has 0 saturated heterocycles. The Kier molecular flexibility index (Phi) is 3.83. The van der Waals surface area contributed by atoms with Crippen LogP contribution in [0.25, 0.3) is 0 Å². The lowest BCUT2D eigenvalue weighted by molar-refractivity contribution is -0.385. The molecular formula is C14H14N4O2S. The summed E-state index contributed by atoms with van der Waals surface area (Å²) in [6, 6.07) is 3.07. The maximum absolute atomic E-state index is 10.6. The van der Waals surface area contributed by atoms with Crippen LogP contribution in [0.3, 0.4) is 0 Å². The smallest absolute Gasteiger partial charge is 0.258 e. The normalized spacial score (nSPS) is 13.8. The van der Waals surface area contributed by atoms with Gasteiger partial charge in [0.2, 0.25) is 0 Å². The van der Waals surface area contributed by atoms with Gasteiger partial charge < -0.3 is 0 Å². The van der Waals surface area contributed by atoms with E-state index in [2.05, 4.69) is 15.0 Å². The highest BCUT2D eigenvalue weighted by atomic mass is 32.2. The van der Waals surface area contributed by atoms with Gasteiger partial charge in [0.1, 0.15) is 11.2 Å². The van der Waals surface area contributed by atoms with Crippen LogP contribution in [-0.2, 0) is 12.8 Å². The molecule has 1 aliphatic carbocycles.